The molecule has 0 spiro atoms. The van der Waals surface area contributed by atoms with E-state index in [1.165, 1.54) is 0 Å². The van der Waals surface area contributed by atoms with E-state index in [-0.39, 0.29) is 6.10 Å². The van der Waals surface area contributed by atoms with E-state index in [1.54, 1.807) is 14.0 Å². The van der Waals surface area contributed by atoms with Crippen LogP contribution in [0.1, 0.15) is 38.9 Å². The molecule has 1 N–H and O–H groups in total. The first-order valence-electron chi connectivity index (χ1n) is 5.02. The van der Waals surface area contributed by atoms with Crippen molar-refractivity contribution >= 4 is 0 Å². The van der Waals surface area contributed by atoms with Crippen LogP contribution in [0.25, 0.3) is 0 Å². The summed E-state index contributed by atoms with van der Waals surface area (Å²) in [5.41, 5.74) is -0.535. The molecule has 0 saturated heterocycles. The van der Waals surface area contributed by atoms with Gasteiger partial charge in [-0.2, -0.15) is 4.98 Å². The van der Waals surface area contributed by atoms with E-state index in [9.17, 15) is 0 Å². The Morgan fingerprint density at radius 3 is 2.73 bits per heavy atom. The summed E-state index contributed by atoms with van der Waals surface area (Å²) in [5, 5.41) is 13.0. The Kier molecular flexibility index (Phi) is 3.82. The largest absolute Gasteiger partial charge is 0.393 e. The van der Waals surface area contributed by atoms with Gasteiger partial charge in [0.2, 0.25) is 11.7 Å². The molecule has 5 heteroatoms. The SMILES string of the molecule is COC(C)(C)c1noc(CCC(C)O)n1. The summed E-state index contributed by atoms with van der Waals surface area (Å²) in [6.07, 6.45) is 0.857. The van der Waals surface area contributed by atoms with Gasteiger partial charge in [0.1, 0.15) is 5.60 Å². The summed E-state index contributed by atoms with van der Waals surface area (Å²) in [7, 11) is 1.60. The minimum atomic E-state index is -0.535. The van der Waals surface area contributed by atoms with E-state index in [0.29, 0.717) is 24.6 Å². The van der Waals surface area contributed by atoms with Crippen molar-refractivity contribution in [3.05, 3.63) is 11.7 Å². The molecule has 1 atom stereocenters. The van der Waals surface area contributed by atoms with Crippen molar-refractivity contribution in [1.82, 2.24) is 10.1 Å². The van der Waals surface area contributed by atoms with E-state index in [2.05, 4.69) is 10.1 Å². The van der Waals surface area contributed by atoms with Crippen LogP contribution in [0, 0.1) is 0 Å². The van der Waals surface area contributed by atoms with Crippen LogP contribution in [0.2, 0.25) is 0 Å². The Labute approximate surface area is 89.4 Å². The topological polar surface area (TPSA) is 68.4 Å². The number of aliphatic hydroxyl groups is 1. The summed E-state index contributed by atoms with van der Waals surface area (Å²) in [6.45, 7) is 5.48. The molecule has 0 aliphatic carbocycles. The van der Waals surface area contributed by atoms with Gasteiger partial charge in [0.25, 0.3) is 0 Å². The maximum atomic E-state index is 9.11. The fraction of sp³-hybridized carbons (Fsp3) is 0.800. The average molecular weight is 214 g/mol. The molecule has 1 aromatic rings. The molecule has 0 fully saturated rings. The second-order valence-corrected chi connectivity index (χ2v) is 4.11. The number of aromatic nitrogens is 2. The maximum absolute atomic E-state index is 9.11. The predicted octanol–water partition coefficient (Wildman–Crippen LogP) is 1.26. The zero-order valence-corrected chi connectivity index (χ0v) is 9.65. The van der Waals surface area contributed by atoms with E-state index >= 15 is 0 Å². The highest BCUT2D eigenvalue weighted by Gasteiger charge is 2.26. The number of methoxy groups -OCH3 is 1. The number of hydrogen-bond donors (Lipinski definition) is 1. The highest BCUT2D eigenvalue weighted by Crippen LogP contribution is 2.20. The minimum Gasteiger partial charge on any atom is -0.393 e. The summed E-state index contributed by atoms with van der Waals surface area (Å²) < 4.78 is 10.3. The van der Waals surface area contributed by atoms with Gasteiger partial charge in [-0.25, -0.2) is 0 Å². The fourth-order valence-corrected chi connectivity index (χ4v) is 1.02. The van der Waals surface area contributed by atoms with Crippen molar-refractivity contribution in [1.29, 1.82) is 0 Å². The molecule has 5 nitrogen and oxygen atoms in total. The first kappa shape index (κ1) is 12.1. The lowest BCUT2D eigenvalue weighted by atomic mass is 10.1. The van der Waals surface area contributed by atoms with Gasteiger partial charge in [-0.1, -0.05) is 5.16 Å². The lowest BCUT2D eigenvalue weighted by Gasteiger charge is -2.17. The first-order valence-corrected chi connectivity index (χ1v) is 5.02. The molecule has 0 bridgehead atoms. The van der Waals surface area contributed by atoms with Crippen molar-refractivity contribution in [2.24, 2.45) is 0 Å². The van der Waals surface area contributed by atoms with Crippen LogP contribution in [0.15, 0.2) is 4.52 Å². The molecule has 0 aromatic carbocycles. The van der Waals surface area contributed by atoms with Gasteiger partial charge in [-0.3, -0.25) is 0 Å². The number of nitrogens with zero attached hydrogens (tertiary/aromatic N) is 2. The molecule has 0 amide bonds. The van der Waals surface area contributed by atoms with Crippen LogP contribution in [0.4, 0.5) is 0 Å². The van der Waals surface area contributed by atoms with Crippen molar-refractivity contribution in [3.63, 3.8) is 0 Å². The molecule has 1 heterocycles. The minimum absolute atomic E-state index is 0.351. The molecule has 1 rings (SSSR count). The highest BCUT2D eigenvalue weighted by atomic mass is 16.5. The second-order valence-electron chi connectivity index (χ2n) is 4.11. The molecule has 0 radical (unpaired) electrons. The third-order valence-electron chi connectivity index (χ3n) is 2.29. The Morgan fingerprint density at radius 2 is 2.20 bits per heavy atom. The van der Waals surface area contributed by atoms with Crippen molar-refractivity contribution in [2.45, 2.75) is 45.3 Å². The van der Waals surface area contributed by atoms with Gasteiger partial charge < -0.3 is 14.4 Å². The summed E-state index contributed by atoms with van der Waals surface area (Å²) in [4.78, 5) is 4.21. The van der Waals surface area contributed by atoms with Gasteiger partial charge in [0.05, 0.1) is 6.10 Å². The Morgan fingerprint density at radius 1 is 1.53 bits per heavy atom. The fourth-order valence-electron chi connectivity index (χ4n) is 1.02. The molecule has 1 unspecified atom stereocenters. The third kappa shape index (κ3) is 3.28. The lowest BCUT2D eigenvalue weighted by molar-refractivity contribution is 0.00973. The predicted molar refractivity (Wildman–Crippen MR) is 54.3 cm³/mol. The first-order chi connectivity index (χ1) is 6.95. The monoisotopic (exact) mass is 214 g/mol. The van der Waals surface area contributed by atoms with Crippen LogP contribution in [-0.2, 0) is 16.8 Å². The van der Waals surface area contributed by atoms with Crippen LogP contribution >= 0.6 is 0 Å². The Hall–Kier alpha value is -0.940. The number of aliphatic hydroxyl groups excluding tert-OH is 1. The maximum Gasteiger partial charge on any atom is 0.226 e. The van der Waals surface area contributed by atoms with Crippen molar-refractivity contribution in [3.8, 4) is 0 Å². The van der Waals surface area contributed by atoms with E-state index < -0.39 is 5.60 Å². The zero-order valence-electron chi connectivity index (χ0n) is 9.65. The van der Waals surface area contributed by atoms with Crippen LogP contribution in [0.5, 0.6) is 0 Å². The standard InChI is InChI=1S/C10H18N2O3/c1-7(13)5-6-8-11-9(12-15-8)10(2,3)14-4/h7,13H,5-6H2,1-4H3. The quantitative estimate of drug-likeness (QED) is 0.799. The summed E-state index contributed by atoms with van der Waals surface area (Å²) >= 11 is 0. The molecular formula is C10H18N2O3. The molecule has 1 aromatic heterocycles. The number of ether oxygens (including phenoxy) is 1. The van der Waals surface area contributed by atoms with E-state index in [4.69, 9.17) is 14.4 Å². The molecule has 0 aliphatic rings. The summed E-state index contributed by atoms with van der Waals surface area (Å²) in [5.74, 6) is 1.07. The van der Waals surface area contributed by atoms with Gasteiger partial charge in [0.15, 0.2) is 0 Å². The van der Waals surface area contributed by atoms with Gasteiger partial charge in [0, 0.05) is 13.5 Å². The van der Waals surface area contributed by atoms with Crippen LogP contribution < -0.4 is 0 Å². The molecular weight excluding hydrogens is 196 g/mol. The lowest BCUT2D eigenvalue weighted by Crippen LogP contribution is -2.21. The zero-order chi connectivity index (χ0) is 11.5. The third-order valence-corrected chi connectivity index (χ3v) is 2.29. The van der Waals surface area contributed by atoms with E-state index in [0.717, 1.165) is 0 Å². The molecule has 86 valence electrons. The van der Waals surface area contributed by atoms with Gasteiger partial charge in [-0.05, 0) is 27.2 Å². The second kappa shape index (κ2) is 4.72. The smallest absolute Gasteiger partial charge is 0.226 e. The van der Waals surface area contributed by atoms with Crippen LogP contribution in [0.3, 0.4) is 0 Å². The number of aryl methyl sites for hydroxylation is 1. The number of hydrogen-bond acceptors (Lipinski definition) is 5. The molecule has 0 aliphatic heterocycles. The molecule has 15 heavy (non-hydrogen) atoms. The Balaban J connectivity index is 2.64. The van der Waals surface area contributed by atoms with Gasteiger partial charge in [-0.15, -0.1) is 0 Å². The summed E-state index contributed by atoms with van der Waals surface area (Å²) in [6, 6.07) is 0. The molecule has 0 saturated carbocycles. The van der Waals surface area contributed by atoms with Gasteiger partial charge >= 0.3 is 0 Å². The van der Waals surface area contributed by atoms with Crippen molar-refractivity contribution < 1.29 is 14.4 Å². The van der Waals surface area contributed by atoms with E-state index in [1.807, 2.05) is 13.8 Å². The van der Waals surface area contributed by atoms with Crippen molar-refractivity contribution in [2.75, 3.05) is 7.11 Å². The normalized spacial score (nSPS) is 14.2. The average Bonchev–Trinajstić information content (AvgIpc) is 2.63. The Bertz CT molecular complexity index is 307. The number of rotatable bonds is 5. The highest BCUT2D eigenvalue weighted by molar-refractivity contribution is 4.97. The van der Waals surface area contributed by atoms with Crippen LogP contribution in [-0.4, -0.2) is 28.5 Å².